The summed E-state index contributed by atoms with van der Waals surface area (Å²) >= 11 is 0. The normalized spacial score (nSPS) is 20.7. The smallest absolute Gasteiger partial charge is 0.404 e. The molecule has 0 aromatic heterocycles. The molecule has 42 heavy (non-hydrogen) atoms. The van der Waals surface area contributed by atoms with Gasteiger partial charge in [-0.1, -0.05) is 36.4 Å². The van der Waals surface area contributed by atoms with Crippen LogP contribution in [0.5, 0.6) is 11.5 Å². The van der Waals surface area contributed by atoms with Crippen LogP contribution in [0.25, 0.3) is 0 Å². The maximum Gasteiger partial charge on any atom is 0.404 e. The number of hydrogen-bond acceptors (Lipinski definition) is 8. The van der Waals surface area contributed by atoms with Crippen LogP contribution in [0.3, 0.4) is 0 Å². The van der Waals surface area contributed by atoms with Gasteiger partial charge in [-0.3, -0.25) is 10.1 Å². The molecule has 11 nitrogen and oxygen atoms in total. The Morgan fingerprint density at radius 3 is 2.52 bits per heavy atom. The van der Waals surface area contributed by atoms with Crippen LogP contribution < -0.4 is 10.1 Å². The number of aryl methyl sites for hydroxylation is 1. The van der Waals surface area contributed by atoms with Crippen LogP contribution in [0.2, 0.25) is 0 Å². The Hall–Kier alpha value is -3.83. The van der Waals surface area contributed by atoms with E-state index in [1.54, 1.807) is 7.11 Å². The number of methoxy groups -OCH3 is 1. The first kappa shape index (κ1) is 31.1. The molecule has 2 aliphatic rings. The van der Waals surface area contributed by atoms with Crippen molar-refractivity contribution in [2.75, 3.05) is 39.9 Å². The fourth-order valence-corrected chi connectivity index (χ4v) is 6.20. The van der Waals surface area contributed by atoms with Crippen molar-refractivity contribution < 1.29 is 29.4 Å². The Morgan fingerprint density at radius 1 is 1.10 bits per heavy atom. The largest absolute Gasteiger partial charge is 0.465 e. The molecule has 1 amide bonds. The summed E-state index contributed by atoms with van der Waals surface area (Å²) in [6.45, 7) is 4.43. The number of piperidine rings is 1. The van der Waals surface area contributed by atoms with E-state index < -0.39 is 16.6 Å². The molecule has 3 N–H and O–H groups in total. The SMILES string of the molecule is COCCCC[C@@](O)(c1ccccc1Oc1ccccc1C)[C@@H]1CCCN(/C(=C/[N+](=O)[O-])N2CC[C@H](NC(=O)O)C2)C1. The van der Waals surface area contributed by atoms with E-state index in [0.29, 0.717) is 68.5 Å². The molecule has 2 fully saturated rings. The fraction of sp³-hybridized carbons (Fsp3) is 0.516. The van der Waals surface area contributed by atoms with E-state index in [1.807, 2.05) is 65.3 Å². The van der Waals surface area contributed by atoms with E-state index in [2.05, 4.69) is 5.32 Å². The minimum absolute atomic E-state index is 0.235. The van der Waals surface area contributed by atoms with Crippen LogP contribution in [-0.2, 0) is 10.3 Å². The number of para-hydroxylation sites is 2. The third kappa shape index (κ3) is 7.71. The van der Waals surface area contributed by atoms with Crippen molar-refractivity contribution >= 4 is 6.09 Å². The highest BCUT2D eigenvalue weighted by Gasteiger charge is 2.43. The first-order valence-corrected chi connectivity index (χ1v) is 14.6. The zero-order chi connectivity index (χ0) is 30.1. The highest BCUT2D eigenvalue weighted by molar-refractivity contribution is 5.64. The number of aliphatic hydroxyl groups is 1. The van der Waals surface area contributed by atoms with E-state index >= 15 is 0 Å². The van der Waals surface area contributed by atoms with Gasteiger partial charge >= 0.3 is 6.09 Å². The number of nitrogens with one attached hydrogen (secondary N) is 1. The van der Waals surface area contributed by atoms with Crippen molar-refractivity contribution in [1.82, 2.24) is 15.1 Å². The lowest BCUT2D eigenvalue weighted by atomic mass is 9.73. The Kier molecular flexibility index (Phi) is 10.6. The molecule has 3 atom stereocenters. The maximum absolute atomic E-state index is 12.6. The Bertz CT molecular complexity index is 1260. The predicted octanol–water partition coefficient (Wildman–Crippen LogP) is 4.92. The second kappa shape index (κ2) is 14.4. The summed E-state index contributed by atoms with van der Waals surface area (Å²) in [5.74, 6) is 1.51. The molecule has 0 radical (unpaired) electrons. The molecule has 228 valence electrons. The van der Waals surface area contributed by atoms with Crippen LogP contribution in [0.15, 0.2) is 60.6 Å². The van der Waals surface area contributed by atoms with Crippen LogP contribution in [-0.4, -0.2) is 77.0 Å². The van der Waals surface area contributed by atoms with Crippen molar-refractivity contribution in [3.63, 3.8) is 0 Å². The zero-order valence-corrected chi connectivity index (χ0v) is 24.4. The summed E-state index contributed by atoms with van der Waals surface area (Å²) in [5, 5.41) is 36.0. The van der Waals surface area contributed by atoms with E-state index in [4.69, 9.17) is 14.6 Å². The van der Waals surface area contributed by atoms with Gasteiger partial charge in [-0.15, -0.1) is 0 Å². The number of rotatable bonds is 13. The summed E-state index contributed by atoms with van der Waals surface area (Å²) < 4.78 is 11.7. The number of nitrogens with zero attached hydrogens (tertiary/aromatic N) is 3. The van der Waals surface area contributed by atoms with Gasteiger partial charge in [-0.2, -0.15) is 0 Å². The molecule has 2 saturated heterocycles. The van der Waals surface area contributed by atoms with Crippen LogP contribution in [0.4, 0.5) is 4.79 Å². The lowest BCUT2D eigenvalue weighted by molar-refractivity contribution is -0.405. The van der Waals surface area contributed by atoms with Gasteiger partial charge in [-0.25, -0.2) is 4.79 Å². The fourth-order valence-electron chi connectivity index (χ4n) is 6.20. The first-order valence-electron chi connectivity index (χ1n) is 14.6. The van der Waals surface area contributed by atoms with Crippen molar-refractivity contribution in [2.24, 2.45) is 5.92 Å². The van der Waals surface area contributed by atoms with Gasteiger partial charge in [0.1, 0.15) is 11.5 Å². The summed E-state index contributed by atoms with van der Waals surface area (Å²) in [6.07, 6.45) is 3.94. The number of amides is 1. The number of benzene rings is 2. The number of nitro groups is 1. The van der Waals surface area contributed by atoms with Gasteiger partial charge in [0, 0.05) is 51.4 Å². The molecular formula is C31H42N4O7. The molecule has 2 aromatic carbocycles. The topological polar surface area (TPSA) is 138 Å². The second-order valence-corrected chi connectivity index (χ2v) is 11.2. The number of ether oxygens (including phenoxy) is 2. The van der Waals surface area contributed by atoms with Crippen LogP contribution in [0.1, 0.15) is 49.7 Å². The molecule has 0 unspecified atom stereocenters. The number of likely N-dealkylation sites (tertiary alicyclic amines) is 2. The number of carbonyl (C=O) groups is 1. The Morgan fingerprint density at radius 2 is 1.81 bits per heavy atom. The standard InChI is InChI=1S/C31H42N4O7/c1-23-10-3-5-13-27(23)42-28-14-6-4-12-26(28)31(38,16-7-8-19-41-2)24-11-9-17-33(20-24)29(22-35(39)40)34-18-15-25(21-34)32-30(36)37/h3-6,10,12-14,22,24-25,32,38H,7-9,11,15-21H2,1-2H3,(H,36,37)/b29-22-/t24-,25+,31+/m1/s1. The molecule has 0 aliphatic carbocycles. The van der Waals surface area contributed by atoms with Crippen LogP contribution in [0, 0.1) is 23.0 Å². The average Bonchev–Trinajstić information content (AvgIpc) is 3.43. The molecule has 0 spiro atoms. The van der Waals surface area contributed by atoms with Crippen molar-refractivity contribution in [2.45, 2.75) is 57.1 Å². The molecule has 0 saturated carbocycles. The van der Waals surface area contributed by atoms with Gasteiger partial charge in [-0.05, 0) is 63.1 Å². The summed E-state index contributed by atoms with van der Waals surface area (Å²) in [4.78, 5) is 26.3. The summed E-state index contributed by atoms with van der Waals surface area (Å²) in [6, 6.07) is 15.0. The number of unbranched alkanes of at least 4 members (excludes halogenated alkanes) is 1. The maximum atomic E-state index is 12.6. The predicted molar refractivity (Wildman–Crippen MR) is 158 cm³/mol. The van der Waals surface area contributed by atoms with Gasteiger partial charge in [0.15, 0.2) is 5.82 Å². The number of hydrogen-bond donors (Lipinski definition) is 3. The van der Waals surface area contributed by atoms with Gasteiger partial charge < -0.3 is 34.8 Å². The Labute approximate surface area is 246 Å². The zero-order valence-electron chi connectivity index (χ0n) is 24.4. The van der Waals surface area contributed by atoms with E-state index in [1.165, 1.54) is 0 Å². The lowest BCUT2D eigenvalue weighted by Gasteiger charge is -2.45. The monoisotopic (exact) mass is 582 g/mol. The van der Waals surface area contributed by atoms with Crippen LogP contribution >= 0.6 is 0 Å². The second-order valence-electron chi connectivity index (χ2n) is 11.2. The minimum atomic E-state index is -1.26. The third-order valence-corrected chi connectivity index (χ3v) is 8.30. The highest BCUT2D eigenvalue weighted by atomic mass is 16.6. The molecule has 2 heterocycles. The quantitative estimate of drug-likeness (QED) is 0.171. The highest BCUT2D eigenvalue weighted by Crippen LogP contribution is 2.45. The van der Waals surface area contributed by atoms with Gasteiger partial charge in [0.05, 0.1) is 16.6 Å². The van der Waals surface area contributed by atoms with E-state index in [0.717, 1.165) is 37.4 Å². The summed E-state index contributed by atoms with van der Waals surface area (Å²) in [5.41, 5.74) is 0.420. The van der Waals surface area contributed by atoms with Crippen molar-refractivity contribution in [3.05, 3.63) is 81.8 Å². The van der Waals surface area contributed by atoms with Gasteiger partial charge in [0.2, 0.25) is 0 Å². The minimum Gasteiger partial charge on any atom is -0.465 e. The summed E-state index contributed by atoms with van der Waals surface area (Å²) in [7, 11) is 1.66. The molecule has 0 bridgehead atoms. The number of carboxylic acid groups (broad SMARTS) is 1. The van der Waals surface area contributed by atoms with Gasteiger partial charge in [0.25, 0.3) is 6.20 Å². The van der Waals surface area contributed by atoms with E-state index in [-0.39, 0.29) is 12.0 Å². The Balaban J connectivity index is 1.64. The molecule has 2 aromatic rings. The lowest BCUT2D eigenvalue weighted by Crippen LogP contribution is -2.48. The van der Waals surface area contributed by atoms with E-state index in [9.17, 15) is 20.0 Å². The third-order valence-electron chi connectivity index (χ3n) is 8.30. The molecule has 11 heteroatoms. The molecule has 4 rings (SSSR count). The molecular weight excluding hydrogens is 540 g/mol. The van der Waals surface area contributed by atoms with Crippen molar-refractivity contribution in [3.8, 4) is 11.5 Å². The average molecular weight is 583 g/mol. The first-order chi connectivity index (χ1) is 20.2. The van der Waals surface area contributed by atoms with Crippen molar-refractivity contribution in [1.29, 1.82) is 0 Å². The molecule has 2 aliphatic heterocycles.